The van der Waals surface area contributed by atoms with Crippen LogP contribution in [0.25, 0.3) is 21.8 Å². The van der Waals surface area contributed by atoms with Crippen LogP contribution in [0.5, 0.6) is 0 Å². The highest BCUT2D eigenvalue weighted by molar-refractivity contribution is 6.31. The van der Waals surface area contributed by atoms with Crippen molar-refractivity contribution in [3.63, 3.8) is 0 Å². The highest BCUT2D eigenvalue weighted by atomic mass is 35.5. The first-order valence-corrected chi connectivity index (χ1v) is 17.5. The average Bonchev–Trinajstić information content (AvgIpc) is 3.81. The number of aromatic amines is 2. The molecule has 2 aromatic heterocycles. The fraction of sp³-hybridized carbons (Fsp3) is 0.556. The molecule has 248 valence electrons. The fourth-order valence-corrected chi connectivity index (χ4v) is 7.67. The van der Waals surface area contributed by atoms with Crippen LogP contribution in [-0.2, 0) is 0 Å². The van der Waals surface area contributed by atoms with Crippen LogP contribution in [0.3, 0.4) is 0 Å². The van der Waals surface area contributed by atoms with E-state index in [1.54, 1.807) is 0 Å². The van der Waals surface area contributed by atoms with E-state index < -0.39 is 0 Å². The second-order valence-corrected chi connectivity index (χ2v) is 13.5. The van der Waals surface area contributed by atoms with Gasteiger partial charge in [0.1, 0.15) is 0 Å². The van der Waals surface area contributed by atoms with Crippen molar-refractivity contribution < 1.29 is 9.59 Å². The fourth-order valence-electron chi connectivity index (χ4n) is 7.50. The predicted molar refractivity (Wildman–Crippen MR) is 186 cm³/mol. The molecule has 0 bridgehead atoms. The van der Waals surface area contributed by atoms with E-state index in [9.17, 15) is 9.59 Å². The summed E-state index contributed by atoms with van der Waals surface area (Å²) in [5, 5.41) is 16.8. The van der Waals surface area contributed by atoms with Crippen LogP contribution in [0.4, 0.5) is 0 Å². The lowest BCUT2D eigenvalue weighted by atomic mass is 9.84. The third kappa shape index (κ3) is 7.41. The van der Waals surface area contributed by atoms with Gasteiger partial charge in [0.25, 0.3) is 11.8 Å². The Labute approximate surface area is 278 Å². The third-order valence-electron chi connectivity index (χ3n) is 9.89. The van der Waals surface area contributed by atoms with Crippen LogP contribution >= 0.6 is 11.6 Å². The van der Waals surface area contributed by atoms with E-state index in [-0.39, 0.29) is 17.9 Å². The van der Waals surface area contributed by atoms with Gasteiger partial charge in [0.2, 0.25) is 0 Å². The number of piperidine rings is 1. The Hall–Kier alpha value is -3.43. The molecule has 10 heteroatoms. The van der Waals surface area contributed by atoms with Gasteiger partial charge in [-0.2, -0.15) is 10.2 Å². The number of H-pyrrole nitrogens is 2. The standard InChI is InChI=1S/C17H20ClN3O.C17H24N4O.C2H6/c1-10-7-11-3-2-4-12(11)9-21(10)17(22)16-14-6-5-13(18)8-15(14)19-20-16;1-13-12-20(2)10-6-3-7-11-21(13)17(22)16-14-8-4-5-9-15(14)18-19-16;1-2/h5-6,8,10-12H,2-4,7,9H2,1H3,(H,19,20);4-5,8-9,13H,3,6-7,10-12H2,1-2H3,(H,18,19);1-2H3/t10?,11-,12?;;/m1../s1. The number of halogens is 1. The minimum atomic E-state index is 0.0419. The van der Waals surface area contributed by atoms with Gasteiger partial charge < -0.3 is 14.7 Å². The molecule has 2 aromatic carbocycles. The molecule has 2 amide bonds. The van der Waals surface area contributed by atoms with Gasteiger partial charge in [-0.1, -0.05) is 62.9 Å². The number of hydrogen-bond donors (Lipinski definition) is 2. The number of rotatable bonds is 2. The Morgan fingerprint density at radius 2 is 1.41 bits per heavy atom. The predicted octanol–water partition coefficient (Wildman–Crippen LogP) is 7.40. The molecule has 2 aliphatic heterocycles. The van der Waals surface area contributed by atoms with E-state index in [1.165, 1.54) is 32.1 Å². The molecule has 1 aliphatic carbocycles. The van der Waals surface area contributed by atoms with Gasteiger partial charge in [0.15, 0.2) is 11.4 Å². The van der Waals surface area contributed by atoms with Crippen LogP contribution in [-0.4, -0.2) is 92.2 Å². The quantitative estimate of drug-likeness (QED) is 0.236. The van der Waals surface area contributed by atoms with Crippen LogP contribution in [0.2, 0.25) is 5.02 Å². The first-order chi connectivity index (χ1) is 22.3. The van der Waals surface area contributed by atoms with Crippen molar-refractivity contribution in [1.29, 1.82) is 0 Å². The monoisotopic (exact) mass is 647 g/mol. The molecule has 1 saturated carbocycles. The zero-order valence-electron chi connectivity index (χ0n) is 28.1. The number of carbonyl (C=O) groups excluding carboxylic acids is 2. The molecule has 7 rings (SSSR count). The molecule has 2 N–H and O–H groups in total. The molecule has 0 radical (unpaired) electrons. The van der Waals surface area contributed by atoms with Crippen LogP contribution in [0.1, 0.15) is 93.6 Å². The number of nitrogens with one attached hydrogen (secondary N) is 2. The number of fused-ring (bicyclic) bond motifs is 3. The number of carbonyl (C=O) groups is 2. The lowest BCUT2D eigenvalue weighted by Crippen LogP contribution is -2.47. The number of benzene rings is 2. The summed E-state index contributed by atoms with van der Waals surface area (Å²) >= 11 is 6.00. The van der Waals surface area contributed by atoms with Gasteiger partial charge in [0, 0.05) is 47.5 Å². The Kier molecular flexibility index (Phi) is 11.4. The summed E-state index contributed by atoms with van der Waals surface area (Å²) in [5.74, 6) is 1.58. The smallest absolute Gasteiger partial charge is 0.275 e. The molecule has 3 fully saturated rings. The molecule has 46 heavy (non-hydrogen) atoms. The lowest BCUT2D eigenvalue weighted by Gasteiger charge is -2.40. The van der Waals surface area contributed by atoms with E-state index in [0.717, 1.165) is 66.7 Å². The number of likely N-dealkylation sites (N-methyl/N-ethyl adjacent to an activating group) is 1. The number of hydrogen-bond acceptors (Lipinski definition) is 5. The second-order valence-electron chi connectivity index (χ2n) is 13.0. The molecular formula is C36H50ClN7O2. The third-order valence-corrected chi connectivity index (χ3v) is 10.1. The molecule has 0 spiro atoms. The number of amides is 2. The molecule has 2 saturated heterocycles. The zero-order valence-corrected chi connectivity index (χ0v) is 28.8. The van der Waals surface area contributed by atoms with Gasteiger partial charge in [-0.25, -0.2) is 0 Å². The van der Waals surface area contributed by atoms with Gasteiger partial charge in [0.05, 0.1) is 11.0 Å². The molecule has 4 aromatic rings. The summed E-state index contributed by atoms with van der Waals surface area (Å²) in [6.07, 6.45) is 8.47. The number of para-hydroxylation sites is 1. The minimum Gasteiger partial charge on any atom is -0.334 e. The second kappa shape index (κ2) is 15.4. The summed E-state index contributed by atoms with van der Waals surface area (Å²) in [4.78, 5) is 32.3. The van der Waals surface area contributed by atoms with Crippen molar-refractivity contribution >= 4 is 45.2 Å². The van der Waals surface area contributed by atoms with Crippen molar-refractivity contribution in [3.8, 4) is 0 Å². The lowest BCUT2D eigenvalue weighted by molar-refractivity contribution is 0.0478. The Bertz CT molecular complexity index is 1620. The van der Waals surface area contributed by atoms with Crippen molar-refractivity contribution in [1.82, 2.24) is 35.1 Å². The Morgan fingerprint density at radius 3 is 2.20 bits per heavy atom. The molecule has 4 heterocycles. The van der Waals surface area contributed by atoms with Crippen LogP contribution < -0.4 is 0 Å². The Morgan fingerprint density at radius 1 is 0.761 bits per heavy atom. The maximum Gasteiger partial charge on any atom is 0.275 e. The maximum absolute atomic E-state index is 13.0. The molecular weight excluding hydrogens is 598 g/mol. The van der Waals surface area contributed by atoms with Crippen molar-refractivity contribution in [2.45, 2.75) is 84.7 Å². The van der Waals surface area contributed by atoms with Crippen molar-refractivity contribution in [2.75, 3.05) is 33.2 Å². The topological polar surface area (TPSA) is 101 Å². The minimum absolute atomic E-state index is 0.0419. The van der Waals surface area contributed by atoms with E-state index in [2.05, 4.69) is 46.2 Å². The first kappa shape index (κ1) is 33.9. The van der Waals surface area contributed by atoms with Crippen LogP contribution in [0, 0.1) is 11.8 Å². The summed E-state index contributed by atoms with van der Waals surface area (Å²) in [7, 11) is 2.13. The summed E-state index contributed by atoms with van der Waals surface area (Å²) in [6, 6.07) is 13.8. The zero-order chi connectivity index (χ0) is 32.8. The summed E-state index contributed by atoms with van der Waals surface area (Å²) < 4.78 is 0. The SMILES string of the molecule is CC.CC1CN(C)CCCCCN1C(=O)c1n[nH]c2ccccc12.CC1C[C@H]2CCCC2CN1C(=O)c1n[nH]c2cc(Cl)ccc12. The largest absolute Gasteiger partial charge is 0.334 e. The van der Waals surface area contributed by atoms with Gasteiger partial charge in [-0.15, -0.1) is 0 Å². The Balaban J connectivity index is 0.000000172. The van der Waals surface area contributed by atoms with Crippen LogP contribution in [0.15, 0.2) is 42.5 Å². The normalized spacial score (nSPS) is 23.8. The highest BCUT2D eigenvalue weighted by Crippen LogP contribution is 2.40. The summed E-state index contributed by atoms with van der Waals surface area (Å²) in [5.41, 5.74) is 2.80. The average molecular weight is 648 g/mol. The number of nitrogens with zero attached hydrogens (tertiary/aromatic N) is 5. The molecule has 3 aliphatic rings. The van der Waals surface area contributed by atoms with E-state index in [4.69, 9.17) is 11.6 Å². The maximum atomic E-state index is 13.0. The van der Waals surface area contributed by atoms with Crippen molar-refractivity contribution in [3.05, 3.63) is 58.9 Å². The highest BCUT2D eigenvalue weighted by Gasteiger charge is 2.39. The van der Waals surface area contributed by atoms with Gasteiger partial charge in [-0.05, 0) is 89.2 Å². The van der Waals surface area contributed by atoms with Gasteiger partial charge >= 0.3 is 0 Å². The number of likely N-dealkylation sites (tertiary alicyclic amines) is 1. The van der Waals surface area contributed by atoms with Crippen molar-refractivity contribution in [2.24, 2.45) is 11.8 Å². The summed E-state index contributed by atoms with van der Waals surface area (Å²) in [6.45, 7) is 12.0. The molecule has 3 unspecified atom stereocenters. The number of aromatic nitrogens is 4. The van der Waals surface area contributed by atoms with E-state index >= 15 is 0 Å². The van der Waals surface area contributed by atoms with E-state index in [1.807, 2.05) is 66.1 Å². The van der Waals surface area contributed by atoms with Gasteiger partial charge in [-0.3, -0.25) is 19.8 Å². The first-order valence-electron chi connectivity index (χ1n) is 17.2. The van der Waals surface area contributed by atoms with E-state index in [0.29, 0.717) is 28.4 Å². The molecule has 9 nitrogen and oxygen atoms in total. The molecule has 4 atom stereocenters.